The predicted molar refractivity (Wildman–Crippen MR) is 81.9 cm³/mol. The Kier molecular flexibility index (Phi) is 3.57. The first-order valence-electron chi connectivity index (χ1n) is 6.90. The number of hydrogen-bond donors (Lipinski definition) is 2. The summed E-state index contributed by atoms with van der Waals surface area (Å²) in [5.74, 6) is 0.0801. The summed E-state index contributed by atoms with van der Waals surface area (Å²) in [5.41, 5.74) is 4.82. The highest BCUT2D eigenvalue weighted by molar-refractivity contribution is 5.94. The monoisotopic (exact) mass is 277 g/mol. The summed E-state index contributed by atoms with van der Waals surface area (Å²) < 4.78 is 0. The van der Waals surface area contributed by atoms with Crippen LogP contribution in [0.3, 0.4) is 0 Å². The molecule has 0 radical (unpaired) electrons. The van der Waals surface area contributed by atoms with Crippen LogP contribution in [-0.2, 0) is 17.8 Å². The van der Waals surface area contributed by atoms with Gasteiger partial charge in [0, 0.05) is 24.3 Å². The van der Waals surface area contributed by atoms with Crippen molar-refractivity contribution < 1.29 is 4.79 Å². The highest BCUT2D eigenvalue weighted by Gasteiger charge is 2.14. The van der Waals surface area contributed by atoms with E-state index in [9.17, 15) is 4.79 Å². The maximum absolute atomic E-state index is 11.3. The van der Waals surface area contributed by atoms with Gasteiger partial charge in [-0.3, -0.25) is 4.79 Å². The lowest BCUT2D eigenvalue weighted by atomic mass is 10.0. The van der Waals surface area contributed by atoms with Gasteiger partial charge in [-0.05, 0) is 47.9 Å². The van der Waals surface area contributed by atoms with Crippen molar-refractivity contribution in [1.82, 2.24) is 0 Å². The summed E-state index contributed by atoms with van der Waals surface area (Å²) in [4.78, 5) is 11.3. The van der Waals surface area contributed by atoms with Crippen LogP contribution in [0.4, 0.5) is 11.4 Å². The molecule has 21 heavy (non-hydrogen) atoms. The normalized spacial score (nSPS) is 13.0. The average Bonchev–Trinajstić information content (AvgIpc) is 2.53. The molecule has 104 valence electrons. The number of rotatable bonds is 3. The summed E-state index contributed by atoms with van der Waals surface area (Å²) in [6.45, 7) is 0.667. The first kappa shape index (κ1) is 13.2. The second-order valence-electron chi connectivity index (χ2n) is 5.09. The Hall–Kier alpha value is -2.80. The molecule has 1 aliphatic heterocycles. The van der Waals surface area contributed by atoms with E-state index in [2.05, 4.69) is 22.8 Å². The fraction of sp³-hybridized carbons (Fsp3) is 0.176. The second-order valence-corrected chi connectivity index (χ2v) is 5.09. The van der Waals surface area contributed by atoms with Crippen LogP contribution in [0, 0.1) is 11.3 Å². The van der Waals surface area contributed by atoms with Gasteiger partial charge in [0.25, 0.3) is 0 Å². The van der Waals surface area contributed by atoms with Gasteiger partial charge in [0.1, 0.15) is 0 Å². The summed E-state index contributed by atoms with van der Waals surface area (Å²) >= 11 is 0. The van der Waals surface area contributed by atoms with Gasteiger partial charge in [0.05, 0.1) is 11.6 Å². The molecule has 4 nitrogen and oxygen atoms in total. The number of nitriles is 1. The number of fused-ring (bicyclic) bond motifs is 1. The molecule has 1 aliphatic rings. The molecular weight excluding hydrogens is 262 g/mol. The van der Waals surface area contributed by atoms with E-state index in [1.165, 1.54) is 0 Å². The highest BCUT2D eigenvalue weighted by Crippen LogP contribution is 2.25. The number of anilines is 2. The Morgan fingerprint density at radius 3 is 2.95 bits per heavy atom. The van der Waals surface area contributed by atoms with Crippen molar-refractivity contribution >= 4 is 17.3 Å². The number of aryl methyl sites for hydroxylation is 1. The maximum Gasteiger partial charge on any atom is 0.224 e. The van der Waals surface area contributed by atoms with Crippen LogP contribution < -0.4 is 10.6 Å². The summed E-state index contributed by atoms with van der Waals surface area (Å²) in [6, 6.07) is 15.7. The highest BCUT2D eigenvalue weighted by atomic mass is 16.1. The third kappa shape index (κ3) is 3.03. The maximum atomic E-state index is 11.3. The number of amides is 1. The minimum absolute atomic E-state index is 0.0801. The van der Waals surface area contributed by atoms with E-state index < -0.39 is 0 Å². The van der Waals surface area contributed by atoms with Crippen LogP contribution in [0.1, 0.15) is 23.1 Å². The molecule has 0 unspecified atom stereocenters. The largest absolute Gasteiger partial charge is 0.381 e. The van der Waals surface area contributed by atoms with Crippen LogP contribution in [-0.4, -0.2) is 5.91 Å². The van der Waals surface area contributed by atoms with E-state index in [0.29, 0.717) is 18.5 Å². The van der Waals surface area contributed by atoms with Crippen LogP contribution in [0.25, 0.3) is 0 Å². The second kappa shape index (κ2) is 5.68. The van der Waals surface area contributed by atoms with E-state index in [1.807, 2.05) is 30.3 Å². The van der Waals surface area contributed by atoms with E-state index in [-0.39, 0.29) is 5.91 Å². The lowest BCUT2D eigenvalue weighted by Gasteiger charge is -2.18. The fourth-order valence-corrected chi connectivity index (χ4v) is 2.45. The molecule has 0 spiro atoms. The molecule has 0 fully saturated rings. The van der Waals surface area contributed by atoms with Crippen LogP contribution in [0.5, 0.6) is 0 Å². The average molecular weight is 277 g/mol. The molecule has 0 bridgehead atoms. The molecule has 2 N–H and O–H groups in total. The predicted octanol–water partition coefficient (Wildman–Crippen LogP) is 3.06. The number of nitrogens with one attached hydrogen (secondary N) is 2. The van der Waals surface area contributed by atoms with Crippen molar-refractivity contribution in [3.63, 3.8) is 0 Å². The van der Waals surface area contributed by atoms with Gasteiger partial charge < -0.3 is 10.6 Å². The van der Waals surface area contributed by atoms with E-state index in [0.717, 1.165) is 28.9 Å². The molecule has 1 amide bonds. The molecule has 3 rings (SSSR count). The van der Waals surface area contributed by atoms with Crippen molar-refractivity contribution in [3.8, 4) is 6.07 Å². The van der Waals surface area contributed by atoms with Gasteiger partial charge in [0.15, 0.2) is 0 Å². The van der Waals surface area contributed by atoms with Crippen LogP contribution >= 0.6 is 0 Å². The molecule has 1 heterocycles. The Bertz CT molecular complexity index is 731. The Morgan fingerprint density at radius 2 is 2.10 bits per heavy atom. The molecule has 2 aromatic rings. The van der Waals surface area contributed by atoms with Crippen molar-refractivity contribution in [1.29, 1.82) is 5.26 Å². The lowest BCUT2D eigenvalue weighted by molar-refractivity contribution is -0.116. The zero-order chi connectivity index (χ0) is 14.7. The smallest absolute Gasteiger partial charge is 0.224 e. The quantitative estimate of drug-likeness (QED) is 0.906. The molecule has 0 aliphatic carbocycles. The number of carbonyl (C=O) groups is 1. The Balaban J connectivity index is 1.71. The Labute approximate surface area is 123 Å². The third-order valence-electron chi connectivity index (χ3n) is 3.55. The van der Waals surface area contributed by atoms with E-state index in [1.54, 1.807) is 6.07 Å². The van der Waals surface area contributed by atoms with Gasteiger partial charge in [0.2, 0.25) is 5.91 Å². The van der Waals surface area contributed by atoms with Crippen molar-refractivity contribution in [3.05, 3.63) is 59.2 Å². The first-order chi connectivity index (χ1) is 10.2. The third-order valence-corrected chi connectivity index (χ3v) is 3.55. The number of carbonyl (C=O) groups excluding carboxylic acids is 1. The van der Waals surface area contributed by atoms with Crippen LogP contribution in [0.15, 0.2) is 42.5 Å². The first-order valence-corrected chi connectivity index (χ1v) is 6.90. The number of hydrogen-bond acceptors (Lipinski definition) is 3. The zero-order valence-corrected chi connectivity index (χ0v) is 11.5. The molecule has 0 atom stereocenters. The SMILES string of the molecule is N#Cc1cccc(CNc2ccc3c(c2)CCC(=O)N3)c1. The van der Waals surface area contributed by atoms with Crippen LogP contribution in [0.2, 0.25) is 0 Å². The minimum atomic E-state index is 0.0801. The molecular formula is C17H15N3O. The number of nitrogens with zero attached hydrogens (tertiary/aromatic N) is 1. The summed E-state index contributed by atoms with van der Waals surface area (Å²) in [7, 11) is 0. The summed E-state index contributed by atoms with van der Waals surface area (Å²) in [5, 5.41) is 15.1. The molecule has 0 aromatic heterocycles. The lowest BCUT2D eigenvalue weighted by Crippen LogP contribution is -2.18. The molecule has 4 heteroatoms. The minimum Gasteiger partial charge on any atom is -0.381 e. The summed E-state index contributed by atoms with van der Waals surface area (Å²) in [6.07, 6.45) is 1.32. The zero-order valence-electron chi connectivity index (χ0n) is 11.5. The van der Waals surface area contributed by atoms with Crippen molar-refractivity contribution in [2.45, 2.75) is 19.4 Å². The van der Waals surface area contributed by atoms with Gasteiger partial charge in [-0.2, -0.15) is 5.26 Å². The van der Waals surface area contributed by atoms with Crippen molar-refractivity contribution in [2.75, 3.05) is 10.6 Å². The van der Waals surface area contributed by atoms with Gasteiger partial charge in [-0.1, -0.05) is 12.1 Å². The van der Waals surface area contributed by atoms with Gasteiger partial charge in [-0.15, -0.1) is 0 Å². The molecule has 2 aromatic carbocycles. The van der Waals surface area contributed by atoms with Gasteiger partial charge in [-0.25, -0.2) is 0 Å². The fourth-order valence-electron chi connectivity index (χ4n) is 2.45. The topological polar surface area (TPSA) is 64.9 Å². The Morgan fingerprint density at radius 1 is 1.19 bits per heavy atom. The van der Waals surface area contributed by atoms with Gasteiger partial charge >= 0.3 is 0 Å². The van der Waals surface area contributed by atoms with Crippen molar-refractivity contribution in [2.24, 2.45) is 0 Å². The van der Waals surface area contributed by atoms with E-state index >= 15 is 0 Å². The number of benzene rings is 2. The standard InChI is InChI=1S/C17H15N3O/c18-10-12-2-1-3-13(8-12)11-19-15-5-6-16-14(9-15)4-7-17(21)20-16/h1-3,5-6,8-9,19H,4,7,11H2,(H,20,21). The molecule has 0 saturated heterocycles. The molecule has 0 saturated carbocycles. The van der Waals surface area contributed by atoms with E-state index in [4.69, 9.17) is 5.26 Å².